The molecular formula is C117H75N9S2. The second-order valence-corrected chi connectivity index (χ2v) is 35.7. The van der Waals surface area contributed by atoms with E-state index in [1.165, 1.54) is 113 Å². The van der Waals surface area contributed by atoms with Gasteiger partial charge in [-0.3, -0.25) is 0 Å². The minimum Gasteiger partial charge on any atom is -0.309 e. The van der Waals surface area contributed by atoms with Gasteiger partial charge in [0.15, 0.2) is 34.9 Å². The van der Waals surface area contributed by atoms with Gasteiger partial charge in [-0.05, 0) is 177 Å². The Labute approximate surface area is 745 Å². The van der Waals surface area contributed by atoms with Gasteiger partial charge >= 0.3 is 0 Å². The van der Waals surface area contributed by atoms with E-state index in [4.69, 9.17) is 29.9 Å². The molecule has 9 nitrogen and oxygen atoms in total. The smallest absolute Gasteiger partial charge is 0.165 e. The van der Waals surface area contributed by atoms with E-state index in [-0.39, 0.29) is 5.41 Å². The van der Waals surface area contributed by atoms with Gasteiger partial charge in [0.25, 0.3) is 0 Å². The minimum atomic E-state index is -0.0975. The molecule has 11 heteroatoms. The topological polar surface area (TPSA) is 92.1 Å². The first-order chi connectivity index (χ1) is 63.2. The molecule has 0 saturated heterocycles. The van der Waals surface area contributed by atoms with Gasteiger partial charge in [-0.1, -0.05) is 311 Å². The molecule has 600 valence electrons. The first-order valence-corrected chi connectivity index (χ1v) is 45.0. The van der Waals surface area contributed by atoms with Crippen molar-refractivity contribution in [3.05, 3.63) is 430 Å². The molecule has 0 fully saturated rings. The molecule has 18 aromatic carbocycles. The van der Waals surface area contributed by atoms with Crippen LogP contribution in [0, 0.1) is 0 Å². The molecule has 0 bridgehead atoms. The number of rotatable bonds is 12. The third-order valence-corrected chi connectivity index (χ3v) is 28.2. The molecule has 0 atom stereocenters. The molecule has 7 aromatic heterocycles. The van der Waals surface area contributed by atoms with Crippen LogP contribution in [0.3, 0.4) is 0 Å². The van der Waals surface area contributed by atoms with Gasteiger partial charge in [-0.25, -0.2) is 29.9 Å². The molecule has 7 heterocycles. The van der Waals surface area contributed by atoms with Crippen molar-refractivity contribution >= 4 is 128 Å². The fraction of sp³-hybridized carbons (Fsp3) is 0.0256. The van der Waals surface area contributed by atoms with Gasteiger partial charge in [0.2, 0.25) is 0 Å². The van der Waals surface area contributed by atoms with Crippen LogP contribution in [0.25, 0.3) is 236 Å². The number of nitrogens with zero attached hydrogens (tertiary/aromatic N) is 9. The molecule has 0 N–H and O–H groups in total. The summed E-state index contributed by atoms with van der Waals surface area (Å²) >= 11 is 3.58. The maximum atomic E-state index is 5.23. The number of aromatic nitrogens is 9. The molecule has 1 aliphatic rings. The standard InChI is InChI=1S/C60H40N4S.C57H35N5S/c1-60(2)51-27-14-12-25-44(51)47-35-48-45-30-29-41(34-53(45)64(54(48)36-52(47)60)43-23-10-5-11-24-43)39-21-16-22-40(31-39)42-32-49-46-26-13-15-28-55(46)65-56(49)50(33-42)59-62-57(37-17-6-3-7-18-37)61-58(63-59)38-19-8-4-9-20-38;1-4-17-36(18-5-1)55-58-56(37-19-6-2-7-20-37)60-57(59-55)48-33-39(32-47-44-27-12-15-30-53(44)63-54(47)48)38-21-16-24-41(31-38)62-50-29-14-11-26-43(50)46-34-45-42-25-10-13-28-49(42)61(51(45)35-52(46)62)40-22-8-3-9-23-40/h3-36H,1-2H3;1-35H. The van der Waals surface area contributed by atoms with Crippen molar-refractivity contribution < 1.29 is 0 Å². The lowest BCUT2D eigenvalue weighted by molar-refractivity contribution is 0.661. The number of fused-ring (bicyclic) bond motifs is 18. The Morgan fingerprint density at radius 1 is 0.188 bits per heavy atom. The predicted molar refractivity (Wildman–Crippen MR) is 535 cm³/mol. The maximum Gasteiger partial charge on any atom is 0.165 e. The Morgan fingerprint density at radius 2 is 0.539 bits per heavy atom. The molecular weight excluding hydrogens is 1600 g/mol. The quantitative estimate of drug-likeness (QED) is 0.121. The van der Waals surface area contributed by atoms with Crippen molar-refractivity contribution in [2.45, 2.75) is 19.3 Å². The van der Waals surface area contributed by atoms with Crippen molar-refractivity contribution in [2.75, 3.05) is 0 Å². The van der Waals surface area contributed by atoms with Crippen LogP contribution in [0.1, 0.15) is 25.0 Å². The zero-order valence-corrected chi connectivity index (χ0v) is 71.3. The molecule has 0 unspecified atom stereocenters. The second kappa shape index (κ2) is 30.1. The molecule has 1 aliphatic carbocycles. The molecule has 26 rings (SSSR count). The zero-order valence-electron chi connectivity index (χ0n) is 69.7. The van der Waals surface area contributed by atoms with Crippen LogP contribution in [0.15, 0.2) is 419 Å². The van der Waals surface area contributed by atoms with Crippen LogP contribution in [0.4, 0.5) is 0 Å². The Morgan fingerprint density at radius 3 is 1.05 bits per heavy atom. The van der Waals surface area contributed by atoms with Gasteiger partial charge in [0, 0.05) is 129 Å². The van der Waals surface area contributed by atoms with Crippen LogP contribution in [-0.2, 0) is 5.41 Å². The van der Waals surface area contributed by atoms with Crippen LogP contribution in [0.2, 0.25) is 0 Å². The van der Waals surface area contributed by atoms with E-state index in [1.807, 2.05) is 72.8 Å². The average molecular weight is 1670 g/mol. The first-order valence-electron chi connectivity index (χ1n) is 43.4. The average Bonchev–Trinajstić information content (AvgIpc) is 1.55. The lowest BCUT2D eigenvalue weighted by Crippen LogP contribution is -2.14. The summed E-state index contributed by atoms with van der Waals surface area (Å²) in [5.41, 5.74) is 28.4. The fourth-order valence-electron chi connectivity index (χ4n) is 19.7. The summed E-state index contributed by atoms with van der Waals surface area (Å²) in [5.74, 6) is 3.90. The van der Waals surface area contributed by atoms with E-state index in [0.717, 1.165) is 98.7 Å². The number of hydrogen-bond acceptors (Lipinski definition) is 8. The molecule has 0 amide bonds. The molecule has 0 radical (unpaired) electrons. The van der Waals surface area contributed by atoms with Gasteiger partial charge in [0.1, 0.15) is 0 Å². The second-order valence-electron chi connectivity index (χ2n) is 33.6. The number of thiophene rings is 2. The van der Waals surface area contributed by atoms with Crippen molar-refractivity contribution in [3.8, 4) is 130 Å². The van der Waals surface area contributed by atoms with Gasteiger partial charge in [-0.2, -0.15) is 0 Å². The third kappa shape index (κ3) is 12.4. The number of benzene rings is 18. The van der Waals surface area contributed by atoms with Gasteiger partial charge < -0.3 is 13.7 Å². The van der Waals surface area contributed by atoms with E-state index in [9.17, 15) is 0 Å². The van der Waals surface area contributed by atoms with Crippen LogP contribution in [-0.4, -0.2) is 43.6 Å². The van der Waals surface area contributed by atoms with Gasteiger partial charge in [0.05, 0.1) is 33.1 Å². The summed E-state index contributed by atoms with van der Waals surface area (Å²) in [5, 5.41) is 12.3. The summed E-state index contributed by atoms with van der Waals surface area (Å²) in [6.45, 7) is 4.72. The third-order valence-electron chi connectivity index (χ3n) is 25.8. The maximum absolute atomic E-state index is 5.23. The van der Waals surface area contributed by atoms with Crippen LogP contribution < -0.4 is 0 Å². The largest absolute Gasteiger partial charge is 0.309 e. The van der Waals surface area contributed by atoms with Crippen molar-refractivity contribution in [1.82, 2.24) is 43.6 Å². The Bertz CT molecular complexity index is 8660. The Kier molecular flexibility index (Phi) is 17.5. The molecule has 25 aromatic rings. The van der Waals surface area contributed by atoms with Crippen molar-refractivity contribution in [1.29, 1.82) is 0 Å². The van der Waals surface area contributed by atoms with Crippen LogP contribution >= 0.6 is 22.7 Å². The van der Waals surface area contributed by atoms with E-state index in [2.05, 4.69) is 373 Å². The normalized spacial score (nSPS) is 12.4. The minimum absolute atomic E-state index is 0.0975. The lowest BCUT2D eigenvalue weighted by atomic mass is 9.82. The van der Waals surface area contributed by atoms with Crippen molar-refractivity contribution in [3.63, 3.8) is 0 Å². The molecule has 0 spiro atoms. The summed E-state index contributed by atoms with van der Waals surface area (Å²) in [6.07, 6.45) is 0. The summed E-state index contributed by atoms with van der Waals surface area (Å²) in [7, 11) is 0. The highest BCUT2D eigenvalue weighted by Crippen LogP contribution is 2.53. The SMILES string of the molecule is CC1(C)c2ccccc2-c2cc3c4ccc(-c5cccc(-c6cc(-c7nc(-c8ccccc8)nc(-c8ccccc8)n7)c7sc8ccccc8c7c6)c5)cc4n(-c4ccccc4)c3cc21.c1ccc(-c2nc(-c3ccccc3)nc(-c3cc(-c4cccc(-n5c6ccccc6c6cc7c8ccccc8n(-c8ccccc8)c7cc65)c4)cc4c3sc3ccccc34)n2)cc1. The summed E-state index contributed by atoms with van der Waals surface area (Å²) in [4.78, 5) is 30.9. The summed E-state index contributed by atoms with van der Waals surface area (Å²) in [6, 6.07) is 150. The molecule has 0 saturated carbocycles. The van der Waals surface area contributed by atoms with E-state index in [1.54, 1.807) is 22.7 Å². The van der Waals surface area contributed by atoms with E-state index in [0.29, 0.717) is 34.9 Å². The van der Waals surface area contributed by atoms with E-state index < -0.39 is 0 Å². The zero-order chi connectivity index (χ0) is 84.7. The number of para-hydroxylation sites is 4. The lowest BCUT2D eigenvalue weighted by Gasteiger charge is -2.21. The fourth-order valence-corrected chi connectivity index (χ4v) is 22.1. The Balaban J connectivity index is 0.000000139. The summed E-state index contributed by atoms with van der Waals surface area (Å²) < 4.78 is 12.1. The molecule has 128 heavy (non-hydrogen) atoms. The first kappa shape index (κ1) is 74.4. The predicted octanol–water partition coefficient (Wildman–Crippen LogP) is 31.1. The van der Waals surface area contributed by atoms with Gasteiger partial charge in [-0.15, -0.1) is 22.7 Å². The van der Waals surface area contributed by atoms with Crippen molar-refractivity contribution in [2.24, 2.45) is 0 Å². The highest BCUT2D eigenvalue weighted by atomic mass is 32.1. The highest BCUT2D eigenvalue weighted by molar-refractivity contribution is 7.26. The Hall–Kier alpha value is -16.2. The molecule has 0 aliphatic heterocycles. The van der Waals surface area contributed by atoms with Crippen LogP contribution in [0.5, 0.6) is 0 Å². The highest BCUT2D eigenvalue weighted by Gasteiger charge is 2.37. The number of hydrogen-bond donors (Lipinski definition) is 0. The monoisotopic (exact) mass is 1670 g/mol. The van der Waals surface area contributed by atoms with E-state index >= 15 is 0 Å².